The van der Waals surface area contributed by atoms with Gasteiger partial charge in [-0.3, -0.25) is 4.21 Å². The second kappa shape index (κ2) is 6.80. The van der Waals surface area contributed by atoms with Gasteiger partial charge in [0.25, 0.3) is 0 Å². The SMILES string of the molecule is C[C@@H](Nc1cccc(C[S@@](C)=O)c1)c1ccc(F)c(F)c1. The molecule has 0 saturated carbocycles. The lowest BCUT2D eigenvalue weighted by molar-refractivity contribution is 0.506. The Bertz CT molecular complexity index is 660. The molecule has 2 rings (SSSR count). The Morgan fingerprint density at radius 3 is 2.57 bits per heavy atom. The van der Waals surface area contributed by atoms with Crippen molar-refractivity contribution in [2.45, 2.75) is 18.7 Å². The van der Waals surface area contributed by atoms with Crippen LogP contribution in [0.3, 0.4) is 0 Å². The van der Waals surface area contributed by atoms with Crippen molar-refractivity contribution < 1.29 is 13.0 Å². The number of hydrogen-bond donors (Lipinski definition) is 1. The minimum Gasteiger partial charge on any atom is -0.379 e. The maximum atomic E-state index is 13.2. The molecule has 0 aliphatic rings. The number of anilines is 1. The molecule has 21 heavy (non-hydrogen) atoms. The molecular weight excluding hydrogens is 292 g/mol. The normalized spacial score (nSPS) is 13.7. The molecule has 0 bridgehead atoms. The third-order valence-corrected chi connectivity index (χ3v) is 3.86. The largest absolute Gasteiger partial charge is 0.379 e. The highest BCUT2D eigenvalue weighted by molar-refractivity contribution is 7.83. The lowest BCUT2D eigenvalue weighted by Crippen LogP contribution is -2.07. The summed E-state index contributed by atoms with van der Waals surface area (Å²) in [5.41, 5.74) is 2.49. The summed E-state index contributed by atoms with van der Waals surface area (Å²) < 4.78 is 37.4. The van der Waals surface area contributed by atoms with Gasteiger partial charge >= 0.3 is 0 Å². The highest BCUT2D eigenvalue weighted by Gasteiger charge is 2.09. The molecule has 0 saturated heterocycles. The molecule has 0 aliphatic heterocycles. The third kappa shape index (κ3) is 4.36. The van der Waals surface area contributed by atoms with Gasteiger partial charge in [-0.05, 0) is 42.3 Å². The van der Waals surface area contributed by atoms with Crippen molar-refractivity contribution in [1.29, 1.82) is 0 Å². The Kier molecular flexibility index (Phi) is 5.07. The Morgan fingerprint density at radius 1 is 1.14 bits per heavy atom. The first-order valence-electron chi connectivity index (χ1n) is 6.56. The van der Waals surface area contributed by atoms with Gasteiger partial charge in [0.2, 0.25) is 0 Å². The molecule has 0 aromatic heterocycles. The van der Waals surface area contributed by atoms with Gasteiger partial charge in [0.05, 0.1) is 0 Å². The Hall–Kier alpha value is -1.75. The summed E-state index contributed by atoms with van der Waals surface area (Å²) in [6.45, 7) is 1.87. The molecule has 0 heterocycles. The zero-order chi connectivity index (χ0) is 15.4. The Morgan fingerprint density at radius 2 is 1.90 bits per heavy atom. The van der Waals surface area contributed by atoms with E-state index in [1.54, 1.807) is 12.3 Å². The van der Waals surface area contributed by atoms with Gasteiger partial charge in [-0.25, -0.2) is 8.78 Å². The van der Waals surface area contributed by atoms with E-state index in [0.717, 1.165) is 17.3 Å². The number of rotatable bonds is 5. The second-order valence-corrected chi connectivity index (χ2v) is 6.39. The topological polar surface area (TPSA) is 29.1 Å². The van der Waals surface area contributed by atoms with Crippen molar-refractivity contribution in [3.63, 3.8) is 0 Å². The maximum absolute atomic E-state index is 13.2. The van der Waals surface area contributed by atoms with Crippen molar-refractivity contribution in [3.8, 4) is 0 Å². The summed E-state index contributed by atoms with van der Waals surface area (Å²) in [7, 11) is -0.898. The van der Waals surface area contributed by atoms with Gasteiger partial charge < -0.3 is 5.32 Å². The van der Waals surface area contributed by atoms with Crippen molar-refractivity contribution in [1.82, 2.24) is 0 Å². The average Bonchev–Trinajstić information content (AvgIpc) is 2.41. The van der Waals surface area contributed by atoms with Crippen LogP contribution in [-0.4, -0.2) is 10.5 Å². The minimum absolute atomic E-state index is 0.164. The zero-order valence-corrected chi connectivity index (χ0v) is 12.7. The fourth-order valence-corrected chi connectivity index (χ4v) is 2.75. The number of benzene rings is 2. The van der Waals surface area contributed by atoms with Gasteiger partial charge in [-0.2, -0.15) is 0 Å². The van der Waals surface area contributed by atoms with Crippen LogP contribution in [0.25, 0.3) is 0 Å². The lowest BCUT2D eigenvalue weighted by atomic mass is 10.1. The van der Waals surface area contributed by atoms with Crippen LogP contribution >= 0.6 is 0 Å². The molecule has 2 nitrogen and oxygen atoms in total. The molecular formula is C16H17F2NOS. The summed E-state index contributed by atoms with van der Waals surface area (Å²) in [5, 5.41) is 3.23. The molecule has 0 spiro atoms. The van der Waals surface area contributed by atoms with E-state index in [2.05, 4.69) is 5.32 Å². The molecule has 2 aromatic carbocycles. The molecule has 0 unspecified atom stereocenters. The highest BCUT2D eigenvalue weighted by Crippen LogP contribution is 2.22. The molecule has 112 valence electrons. The first-order chi connectivity index (χ1) is 9.95. The summed E-state index contributed by atoms with van der Waals surface area (Å²) in [4.78, 5) is 0. The van der Waals surface area contributed by atoms with E-state index in [0.29, 0.717) is 11.3 Å². The summed E-state index contributed by atoms with van der Waals surface area (Å²) in [5.74, 6) is -1.20. The standard InChI is InChI=1S/C16H17F2NOS/c1-11(13-6-7-15(17)16(18)9-13)19-14-5-3-4-12(8-14)10-21(2)20/h3-9,11,19H,10H2,1-2H3/t11-,21-/m1/s1. The first kappa shape index (κ1) is 15.6. The first-order valence-corrected chi connectivity index (χ1v) is 8.29. The molecule has 0 radical (unpaired) electrons. The van der Waals surface area contributed by atoms with Crippen LogP contribution in [0.4, 0.5) is 14.5 Å². The lowest BCUT2D eigenvalue weighted by Gasteiger charge is -2.16. The van der Waals surface area contributed by atoms with Crippen molar-refractivity contribution in [3.05, 3.63) is 65.2 Å². The van der Waals surface area contributed by atoms with Crippen molar-refractivity contribution >= 4 is 16.5 Å². The zero-order valence-electron chi connectivity index (χ0n) is 11.9. The minimum atomic E-state index is -0.898. The van der Waals surface area contributed by atoms with Gasteiger partial charge in [0.1, 0.15) is 0 Å². The monoisotopic (exact) mass is 309 g/mol. The highest BCUT2D eigenvalue weighted by atomic mass is 32.2. The fourth-order valence-electron chi connectivity index (χ4n) is 2.10. The van der Waals surface area contributed by atoms with E-state index in [1.165, 1.54) is 6.07 Å². The Balaban J connectivity index is 2.13. The van der Waals surface area contributed by atoms with Crippen LogP contribution in [0.1, 0.15) is 24.1 Å². The van der Waals surface area contributed by atoms with E-state index in [1.807, 2.05) is 31.2 Å². The Labute approximate surface area is 125 Å². The number of hydrogen-bond acceptors (Lipinski definition) is 2. The molecule has 2 atom stereocenters. The van der Waals surface area contributed by atoms with Crippen LogP contribution in [0, 0.1) is 11.6 Å². The molecule has 0 fully saturated rings. The average molecular weight is 309 g/mol. The van der Waals surface area contributed by atoms with E-state index < -0.39 is 22.4 Å². The van der Waals surface area contributed by atoms with Crippen LogP contribution in [0.5, 0.6) is 0 Å². The molecule has 0 aliphatic carbocycles. The van der Waals surface area contributed by atoms with Crippen LogP contribution in [-0.2, 0) is 16.6 Å². The third-order valence-electron chi connectivity index (χ3n) is 3.12. The predicted molar refractivity (Wildman–Crippen MR) is 82.6 cm³/mol. The van der Waals surface area contributed by atoms with E-state index in [4.69, 9.17) is 0 Å². The molecule has 1 N–H and O–H groups in total. The van der Waals surface area contributed by atoms with Gasteiger partial charge in [-0.1, -0.05) is 18.2 Å². The second-order valence-electron chi connectivity index (χ2n) is 4.96. The quantitative estimate of drug-likeness (QED) is 0.904. The van der Waals surface area contributed by atoms with Crippen LogP contribution < -0.4 is 5.32 Å². The fraction of sp³-hybridized carbons (Fsp3) is 0.250. The number of halogens is 2. The summed E-state index contributed by atoms with van der Waals surface area (Å²) in [6, 6.07) is 11.3. The van der Waals surface area contributed by atoms with Crippen LogP contribution in [0.15, 0.2) is 42.5 Å². The molecule has 2 aromatic rings. The summed E-state index contributed by atoms with van der Waals surface area (Å²) >= 11 is 0. The van der Waals surface area contributed by atoms with E-state index >= 15 is 0 Å². The van der Waals surface area contributed by atoms with Gasteiger partial charge in [-0.15, -0.1) is 0 Å². The number of nitrogens with one attached hydrogen (secondary N) is 1. The van der Waals surface area contributed by atoms with Gasteiger partial charge in [0, 0.05) is 34.5 Å². The van der Waals surface area contributed by atoms with E-state index in [-0.39, 0.29) is 6.04 Å². The van der Waals surface area contributed by atoms with E-state index in [9.17, 15) is 13.0 Å². The molecule has 5 heteroatoms. The summed E-state index contributed by atoms with van der Waals surface area (Å²) in [6.07, 6.45) is 1.66. The van der Waals surface area contributed by atoms with Crippen LogP contribution in [0.2, 0.25) is 0 Å². The van der Waals surface area contributed by atoms with Crippen molar-refractivity contribution in [2.24, 2.45) is 0 Å². The van der Waals surface area contributed by atoms with Crippen molar-refractivity contribution in [2.75, 3.05) is 11.6 Å². The smallest absolute Gasteiger partial charge is 0.159 e. The predicted octanol–water partition coefficient (Wildman–Crippen LogP) is 4.02. The molecule has 0 amide bonds. The maximum Gasteiger partial charge on any atom is 0.159 e. The van der Waals surface area contributed by atoms with Gasteiger partial charge in [0.15, 0.2) is 11.6 Å².